The van der Waals surface area contributed by atoms with Crippen molar-refractivity contribution in [2.75, 3.05) is 33.4 Å². The van der Waals surface area contributed by atoms with Crippen LogP contribution in [0.5, 0.6) is 0 Å². The van der Waals surface area contributed by atoms with Gasteiger partial charge in [-0.1, -0.05) is 43.7 Å². The highest BCUT2D eigenvalue weighted by Gasteiger charge is 2.48. The molecule has 3 aliphatic rings. The minimum Gasteiger partial charge on any atom is -0.481 e. The smallest absolute Gasteiger partial charge is 0.310 e. The normalized spacial score (nSPS) is 29.0. The summed E-state index contributed by atoms with van der Waals surface area (Å²) >= 11 is 0. The summed E-state index contributed by atoms with van der Waals surface area (Å²) in [6.45, 7) is 6.01. The lowest BCUT2D eigenvalue weighted by atomic mass is 9.66. The van der Waals surface area contributed by atoms with Crippen LogP contribution >= 0.6 is 0 Å². The van der Waals surface area contributed by atoms with Gasteiger partial charge < -0.3 is 14.7 Å². The topological polar surface area (TPSA) is 49.8 Å². The van der Waals surface area contributed by atoms with E-state index in [2.05, 4.69) is 42.2 Å². The molecule has 1 aromatic rings. The number of piperidine rings is 1. The highest BCUT2D eigenvalue weighted by Crippen LogP contribution is 2.54. The van der Waals surface area contributed by atoms with Crippen LogP contribution in [-0.2, 0) is 9.53 Å². The lowest BCUT2D eigenvalue weighted by Crippen LogP contribution is -2.52. The summed E-state index contributed by atoms with van der Waals surface area (Å²) in [5.74, 6) is 1.60. The maximum absolute atomic E-state index is 11.7. The van der Waals surface area contributed by atoms with Gasteiger partial charge in [-0.15, -0.1) is 0 Å². The molecular formula is C25H37NO3. The number of carboxylic acid groups (broad SMARTS) is 1. The molecule has 29 heavy (non-hydrogen) atoms. The summed E-state index contributed by atoms with van der Waals surface area (Å²) in [7, 11) is 1.83. The molecule has 0 bridgehead atoms. The van der Waals surface area contributed by atoms with Crippen LogP contribution in [0.15, 0.2) is 30.3 Å². The molecule has 3 atom stereocenters. The van der Waals surface area contributed by atoms with Crippen LogP contribution in [0.1, 0.15) is 63.4 Å². The molecule has 2 saturated carbocycles. The van der Waals surface area contributed by atoms with Crippen molar-refractivity contribution in [2.24, 2.45) is 22.7 Å². The third kappa shape index (κ3) is 4.25. The van der Waals surface area contributed by atoms with E-state index in [0.29, 0.717) is 5.92 Å². The van der Waals surface area contributed by atoms with Gasteiger partial charge in [-0.05, 0) is 80.3 Å². The second-order valence-corrected chi connectivity index (χ2v) is 10.2. The van der Waals surface area contributed by atoms with Crippen molar-refractivity contribution >= 4 is 5.97 Å². The number of carboxylic acids is 1. The van der Waals surface area contributed by atoms with Crippen molar-refractivity contribution in [1.29, 1.82) is 0 Å². The van der Waals surface area contributed by atoms with Gasteiger partial charge in [0.25, 0.3) is 0 Å². The number of benzene rings is 1. The first-order chi connectivity index (χ1) is 14.0. The van der Waals surface area contributed by atoms with E-state index in [1.807, 2.05) is 7.11 Å². The van der Waals surface area contributed by atoms with E-state index in [1.165, 1.54) is 18.4 Å². The van der Waals surface area contributed by atoms with E-state index in [9.17, 15) is 9.90 Å². The highest BCUT2D eigenvalue weighted by atomic mass is 16.5. The summed E-state index contributed by atoms with van der Waals surface area (Å²) in [5.41, 5.74) is 1.27. The zero-order valence-electron chi connectivity index (χ0n) is 18.1. The monoisotopic (exact) mass is 399 g/mol. The molecule has 2 aliphatic carbocycles. The zero-order chi connectivity index (χ0) is 20.5. The van der Waals surface area contributed by atoms with Crippen LogP contribution in [-0.4, -0.2) is 49.3 Å². The number of hydrogen-bond acceptors (Lipinski definition) is 3. The van der Waals surface area contributed by atoms with E-state index in [1.54, 1.807) is 0 Å². The minimum atomic E-state index is -0.591. The number of hydrogen-bond donors (Lipinski definition) is 1. The molecule has 3 fully saturated rings. The number of nitrogens with zero attached hydrogens (tertiary/aromatic N) is 1. The Labute approximate surface area is 175 Å². The molecule has 1 aromatic carbocycles. The van der Waals surface area contributed by atoms with E-state index in [0.717, 1.165) is 70.2 Å². The fourth-order valence-corrected chi connectivity index (χ4v) is 6.02. The summed E-state index contributed by atoms with van der Waals surface area (Å²) in [4.78, 5) is 14.2. The first-order valence-corrected chi connectivity index (χ1v) is 11.5. The molecule has 2 unspecified atom stereocenters. The third-order valence-corrected chi connectivity index (χ3v) is 8.43. The average molecular weight is 400 g/mol. The molecule has 4 rings (SSSR count). The maximum atomic E-state index is 11.7. The summed E-state index contributed by atoms with van der Waals surface area (Å²) < 4.78 is 5.71. The van der Waals surface area contributed by atoms with Gasteiger partial charge in [0.05, 0.1) is 12.0 Å². The molecular weight excluding hydrogens is 362 g/mol. The van der Waals surface area contributed by atoms with Crippen molar-refractivity contribution in [3.63, 3.8) is 0 Å². The zero-order valence-corrected chi connectivity index (χ0v) is 18.1. The Morgan fingerprint density at radius 3 is 2.45 bits per heavy atom. The number of rotatable bonds is 9. The molecule has 1 N–H and O–H groups in total. The lowest BCUT2D eigenvalue weighted by Gasteiger charge is -2.48. The Kier molecular flexibility index (Phi) is 6.04. The summed E-state index contributed by atoms with van der Waals surface area (Å²) in [6.07, 6.45) is 7.62. The number of ether oxygens (including phenoxy) is 1. The standard InChI is InChI=1S/C25H37NO3/c1-19(15-21-16-22(21)20-7-4-3-5-8-20)25(18-29-2)11-13-26(14-12-25)17-24(23(27)28)9-6-10-24/h3-5,7-8,19,21-22H,6,9-18H2,1-2H3,(H,27,28)/t19?,21-,22?/m1/s1. The predicted octanol–water partition coefficient (Wildman–Crippen LogP) is 4.80. The maximum Gasteiger partial charge on any atom is 0.310 e. The van der Waals surface area contributed by atoms with Crippen LogP contribution < -0.4 is 0 Å². The number of aliphatic carboxylic acids is 1. The molecule has 0 amide bonds. The fourth-order valence-electron chi connectivity index (χ4n) is 6.02. The van der Waals surface area contributed by atoms with Gasteiger partial charge in [0.1, 0.15) is 0 Å². The second kappa shape index (κ2) is 8.39. The van der Waals surface area contributed by atoms with Crippen LogP contribution in [0.4, 0.5) is 0 Å². The van der Waals surface area contributed by atoms with E-state index in [4.69, 9.17) is 4.74 Å². The summed E-state index contributed by atoms with van der Waals surface area (Å²) in [5, 5.41) is 9.67. The Morgan fingerprint density at radius 2 is 1.90 bits per heavy atom. The van der Waals surface area contributed by atoms with Gasteiger partial charge >= 0.3 is 5.97 Å². The van der Waals surface area contributed by atoms with Crippen LogP contribution in [0.25, 0.3) is 0 Å². The van der Waals surface area contributed by atoms with Crippen molar-refractivity contribution in [3.8, 4) is 0 Å². The van der Waals surface area contributed by atoms with E-state index in [-0.39, 0.29) is 5.41 Å². The molecule has 160 valence electrons. The second-order valence-electron chi connectivity index (χ2n) is 10.2. The fraction of sp³-hybridized carbons (Fsp3) is 0.720. The molecule has 1 saturated heterocycles. The van der Waals surface area contributed by atoms with Gasteiger partial charge in [0.2, 0.25) is 0 Å². The lowest BCUT2D eigenvalue weighted by molar-refractivity contribution is -0.157. The molecule has 1 heterocycles. The highest BCUT2D eigenvalue weighted by molar-refractivity contribution is 5.76. The Hall–Kier alpha value is -1.39. The third-order valence-electron chi connectivity index (χ3n) is 8.43. The number of carbonyl (C=O) groups is 1. The van der Waals surface area contributed by atoms with Crippen molar-refractivity contribution in [2.45, 2.75) is 57.8 Å². The number of likely N-dealkylation sites (tertiary alicyclic amines) is 1. The molecule has 4 nitrogen and oxygen atoms in total. The van der Waals surface area contributed by atoms with Crippen molar-refractivity contribution in [3.05, 3.63) is 35.9 Å². The molecule has 0 radical (unpaired) electrons. The van der Waals surface area contributed by atoms with E-state index >= 15 is 0 Å². The molecule has 4 heteroatoms. The molecule has 0 spiro atoms. The van der Waals surface area contributed by atoms with Gasteiger partial charge in [0.15, 0.2) is 0 Å². The van der Waals surface area contributed by atoms with Gasteiger partial charge in [-0.2, -0.15) is 0 Å². The molecule has 1 aliphatic heterocycles. The van der Waals surface area contributed by atoms with E-state index < -0.39 is 11.4 Å². The Balaban J connectivity index is 1.33. The van der Waals surface area contributed by atoms with Crippen molar-refractivity contribution in [1.82, 2.24) is 4.90 Å². The predicted molar refractivity (Wildman–Crippen MR) is 115 cm³/mol. The Morgan fingerprint density at radius 1 is 1.21 bits per heavy atom. The van der Waals surface area contributed by atoms with Gasteiger partial charge in [-0.3, -0.25) is 4.79 Å². The summed E-state index contributed by atoms with van der Waals surface area (Å²) in [6, 6.07) is 11.0. The first-order valence-electron chi connectivity index (χ1n) is 11.5. The molecule has 0 aromatic heterocycles. The Bertz CT molecular complexity index is 691. The van der Waals surface area contributed by atoms with Gasteiger partial charge in [0, 0.05) is 13.7 Å². The quantitative estimate of drug-likeness (QED) is 0.648. The minimum absolute atomic E-state index is 0.241. The largest absolute Gasteiger partial charge is 0.481 e. The number of methoxy groups -OCH3 is 1. The van der Waals surface area contributed by atoms with Crippen LogP contribution in [0.3, 0.4) is 0 Å². The van der Waals surface area contributed by atoms with Crippen LogP contribution in [0.2, 0.25) is 0 Å². The SMILES string of the molecule is COCC1(C(C)C[C@@H]2CC2c2ccccc2)CCN(CC2(C(=O)O)CCC2)CC1. The average Bonchev–Trinajstić information content (AvgIpc) is 3.45. The van der Waals surface area contributed by atoms with Crippen molar-refractivity contribution < 1.29 is 14.6 Å². The van der Waals surface area contributed by atoms with Gasteiger partial charge in [-0.25, -0.2) is 0 Å². The van der Waals surface area contributed by atoms with Crippen LogP contribution in [0, 0.1) is 22.7 Å². The first kappa shape index (κ1) is 20.9.